The lowest BCUT2D eigenvalue weighted by atomic mass is 10.1. The van der Waals surface area contributed by atoms with Gasteiger partial charge in [0.25, 0.3) is 0 Å². The van der Waals surface area contributed by atoms with E-state index < -0.39 is 12.1 Å². The summed E-state index contributed by atoms with van der Waals surface area (Å²) in [5, 5.41) is 6.13. The standard InChI is InChI=1S/C16H18F3N3O3/c1-4-10(8-24-3)14(23)20-12-6-5-11(7-9(12)2)13-21-15(25-22-13)16(17,18)19/h5-7,10H,4,8H2,1-3H3,(H,20,23). The van der Waals surface area contributed by atoms with Gasteiger partial charge in [-0.2, -0.15) is 18.2 Å². The molecule has 25 heavy (non-hydrogen) atoms. The molecule has 0 spiro atoms. The molecule has 0 aliphatic carbocycles. The summed E-state index contributed by atoms with van der Waals surface area (Å²) in [6.45, 7) is 3.91. The Balaban J connectivity index is 2.18. The quantitative estimate of drug-likeness (QED) is 0.853. The maximum atomic E-state index is 12.5. The molecule has 0 fully saturated rings. The first-order chi connectivity index (χ1) is 11.8. The van der Waals surface area contributed by atoms with E-state index in [2.05, 4.69) is 20.0 Å². The number of anilines is 1. The number of carbonyl (C=O) groups is 1. The molecule has 1 amide bonds. The van der Waals surface area contributed by atoms with E-state index in [4.69, 9.17) is 4.74 Å². The number of hydrogen-bond acceptors (Lipinski definition) is 5. The summed E-state index contributed by atoms with van der Waals surface area (Å²) >= 11 is 0. The number of alkyl halides is 3. The molecular formula is C16H18F3N3O3. The Morgan fingerprint density at radius 2 is 2.12 bits per heavy atom. The molecule has 0 aliphatic heterocycles. The van der Waals surface area contributed by atoms with E-state index in [-0.39, 0.29) is 17.6 Å². The van der Waals surface area contributed by atoms with Crippen molar-refractivity contribution >= 4 is 11.6 Å². The van der Waals surface area contributed by atoms with Gasteiger partial charge in [-0.3, -0.25) is 4.79 Å². The van der Waals surface area contributed by atoms with Gasteiger partial charge in [-0.1, -0.05) is 12.1 Å². The van der Waals surface area contributed by atoms with E-state index in [0.717, 1.165) is 0 Å². The smallest absolute Gasteiger partial charge is 0.384 e. The Morgan fingerprint density at radius 1 is 1.40 bits per heavy atom. The van der Waals surface area contributed by atoms with Crippen LogP contribution in [0, 0.1) is 12.8 Å². The topological polar surface area (TPSA) is 77.2 Å². The van der Waals surface area contributed by atoms with Crippen molar-refractivity contribution in [2.45, 2.75) is 26.4 Å². The third kappa shape index (κ3) is 4.56. The molecule has 6 nitrogen and oxygen atoms in total. The fourth-order valence-corrected chi connectivity index (χ4v) is 2.21. The average molecular weight is 357 g/mol. The highest BCUT2D eigenvalue weighted by Gasteiger charge is 2.38. The minimum atomic E-state index is -4.69. The number of nitrogens with zero attached hydrogens (tertiary/aromatic N) is 2. The first kappa shape index (κ1) is 18.9. The summed E-state index contributed by atoms with van der Waals surface area (Å²) in [7, 11) is 1.52. The number of carbonyl (C=O) groups excluding carboxylic acids is 1. The molecule has 2 aromatic rings. The van der Waals surface area contributed by atoms with E-state index in [1.807, 2.05) is 6.92 Å². The van der Waals surface area contributed by atoms with Crippen LogP contribution in [-0.4, -0.2) is 29.8 Å². The number of aryl methyl sites for hydroxylation is 1. The summed E-state index contributed by atoms with van der Waals surface area (Å²) in [5.41, 5.74) is 1.58. The van der Waals surface area contributed by atoms with E-state index >= 15 is 0 Å². The average Bonchev–Trinajstić information content (AvgIpc) is 3.04. The fourth-order valence-electron chi connectivity index (χ4n) is 2.21. The molecule has 136 valence electrons. The molecular weight excluding hydrogens is 339 g/mol. The second-order valence-corrected chi connectivity index (χ2v) is 5.50. The molecule has 0 bridgehead atoms. The number of methoxy groups -OCH3 is 1. The highest BCUT2D eigenvalue weighted by molar-refractivity contribution is 5.93. The minimum absolute atomic E-state index is 0.167. The fraction of sp³-hybridized carbons (Fsp3) is 0.438. The van der Waals surface area contributed by atoms with Crippen molar-refractivity contribution in [3.8, 4) is 11.4 Å². The minimum Gasteiger partial charge on any atom is -0.384 e. The van der Waals surface area contributed by atoms with Crippen molar-refractivity contribution in [1.82, 2.24) is 10.1 Å². The highest BCUT2D eigenvalue weighted by atomic mass is 19.4. The Labute approximate surface area is 142 Å². The van der Waals surface area contributed by atoms with Gasteiger partial charge < -0.3 is 14.6 Å². The van der Waals surface area contributed by atoms with Crippen molar-refractivity contribution in [3.05, 3.63) is 29.7 Å². The molecule has 1 heterocycles. The van der Waals surface area contributed by atoms with Crippen LogP contribution >= 0.6 is 0 Å². The van der Waals surface area contributed by atoms with Crippen LogP contribution in [0.5, 0.6) is 0 Å². The SMILES string of the molecule is CCC(COC)C(=O)Nc1ccc(-c2noc(C(F)(F)F)n2)cc1C. The van der Waals surface area contributed by atoms with Crippen LogP contribution in [0.2, 0.25) is 0 Å². The van der Waals surface area contributed by atoms with Gasteiger partial charge in [0.2, 0.25) is 11.7 Å². The van der Waals surface area contributed by atoms with Gasteiger partial charge in [0.1, 0.15) is 0 Å². The molecule has 1 aromatic heterocycles. The molecule has 1 atom stereocenters. The van der Waals surface area contributed by atoms with E-state index in [0.29, 0.717) is 29.8 Å². The van der Waals surface area contributed by atoms with Gasteiger partial charge in [0.15, 0.2) is 0 Å². The summed E-state index contributed by atoms with van der Waals surface area (Å²) in [6, 6.07) is 4.69. The van der Waals surface area contributed by atoms with Gasteiger partial charge in [0.05, 0.1) is 12.5 Å². The van der Waals surface area contributed by atoms with Crippen molar-refractivity contribution in [3.63, 3.8) is 0 Å². The number of nitrogens with one attached hydrogen (secondary N) is 1. The Kier molecular flexibility index (Phi) is 5.78. The molecule has 0 radical (unpaired) electrons. The third-order valence-electron chi connectivity index (χ3n) is 3.64. The molecule has 1 N–H and O–H groups in total. The predicted octanol–water partition coefficient (Wildman–Crippen LogP) is 3.67. The number of amides is 1. The summed E-state index contributed by atoms with van der Waals surface area (Å²) < 4.78 is 46.8. The number of aromatic nitrogens is 2. The monoisotopic (exact) mass is 357 g/mol. The second kappa shape index (κ2) is 7.64. The molecule has 0 saturated carbocycles. The van der Waals surface area contributed by atoms with Gasteiger partial charge in [-0.05, 0) is 37.1 Å². The number of rotatable bonds is 6. The largest absolute Gasteiger partial charge is 0.471 e. The third-order valence-corrected chi connectivity index (χ3v) is 3.64. The van der Waals surface area contributed by atoms with Crippen LogP contribution in [0.15, 0.2) is 22.7 Å². The maximum absolute atomic E-state index is 12.5. The van der Waals surface area contributed by atoms with Crippen LogP contribution in [0.25, 0.3) is 11.4 Å². The number of benzene rings is 1. The summed E-state index contributed by atoms with van der Waals surface area (Å²) in [5.74, 6) is -2.03. The van der Waals surface area contributed by atoms with Crippen LogP contribution < -0.4 is 5.32 Å². The van der Waals surface area contributed by atoms with Gasteiger partial charge in [-0.15, -0.1) is 0 Å². The predicted molar refractivity (Wildman–Crippen MR) is 83.8 cm³/mol. The number of halogens is 3. The lowest BCUT2D eigenvalue weighted by molar-refractivity contribution is -0.159. The molecule has 9 heteroatoms. The first-order valence-corrected chi connectivity index (χ1v) is 7.58. The zero-order valence-electron chi connectivity index (χ0n) is 14.0. The zero-order chi connectivity index (χ0) is 18.6. The van der Waals surface area contributed by atoms with Crippen LogP contribution in [0.1, 0.15) is 24.8 Å². The normalized spacial score (nSPS) is 12.9. The Hall–Kier alpha value is -2.42. The van der Waals surface area contributed by atoms with Crippen molar-refractivity contribution < 1.29 is 27.2 Å². The highest BCUT2D eigenvalue weighted by Crippen LogP contribution is 2.30. The van der Waals surface area contributed by atoms with E-state index in [1.54, 1.807) is 19.1 Å². The van der Waals surface area contributed by atoms with Crippen LogP contribution in [0.4, 0.5) is 18.9 Å². The summed E-state index contributed by atoms with van der Waals surface area (Å²) in [4.78, 5) is 15.5. The second-order valence-electron chi connectivity index (χ2n) is 5.50. The molecule has 1 aromatic carbocycles. The van der Waals surface area contributed by atoms with Crippen molar-refractivity contribution in [1.29, 1.82) is 0 Å². The number of ether oxygens (including phenoxy) is 1. The number of hydrogen-bond donors (Lipinski definition) is 1. The van der Waals surface area contributed by atoms with Crippen molar-refractivity contribution in [2.24, 2.45) is 5.92 Å². The van der Waals surface area contributed by atoms with Gasteiger partial charge in [0, 0.05) is 18.4 Å². The van der Waals surface area contributed by atoms with Gasteiger partial charge >= 0.3 is 12.1 Å². The van der Waals surface area contributed by atoms with E-state index in [1.165, 1.54) is 13.2 Å². The van der Waals surface area contributed by atoms with Crippen LogP contribution in [-0.2, 0) is 15.7 Å². The molecule has 0 aliphatic rings. The summed E-state index contributed by atoms with van der Waals surface area (Å²) in [6.07, 6.45) is -4.06. The van der Waals surface area contributed by atoms with Gasteiger partial charge in [-0.25, -0.2) is 0 Å². The van der Waals surface area contributed by atoms with Crippen molar-refractivity contribution in [2.75, 3.05) is 19.0 Å². The van der Waals surface area contributed by atoms with Crippen LogP contribution in [0.3, 0.4) is 0 Å². The first-order valence-electron chi connectivity index (χ1n) is 7.58. The van der Waals surface area contributed by atoms with E-state index in [9.17, 15) is 18.0 Å². The molecule has 2 rings (SSSR count). The Bertz CT molecular complexity index is 744. The Morgan fingerprint density at radius 3 is 2.64 bits per heavy atom. The lowest BCUT2D eigenvalue weighted by Crippen LogP contribution is -2.26. The zero-order valence-corrected chi connectivity index (χ0v) is 14.0. The lowest BCUT2D eigenvalue weighted by Gasteiger charge is -2.15. The molecule has 1 unspecified atom stereocenters. The maximum Gasteiger partial charge on any atom is 0.471 e. The molecule has 0 saturated heterocycles.